The van der Waals surface area contributed by atoms with Crippen LogP contribution in [0.2, 0.25) is 0 Å². The summed E-state index contributed by atoms with van der Waals surface area (Å²) < 4.78 is 81.4. The second kappa shape index (κ2) is 11.0. The van der Waals surface area contributed by atoms with Crippen LogP contribution in [-0.4, -0.2) is 32.2 Å². The highest BCUT2D eigenvalue weighted by Crippen LogP contribution is 2.31. The van der Waals surface area contributed by atoms with Gasteiger partial charge in [-0.3, -0.25) is 0 Å². The molecule has 0 spiro atoms. The number of thiazole rings is 1. The van der Waals surface area contributed by atoms with Crippen LogP contribution in [0.15, 0.2) is 46.1 Å². The third kappa shape index (κ3) is 6.57. The number of aromatic nitrogens is 1. The molecule has 1 atom stereocenters. The zero-order valence-electron chi connectivity index (χ0n) is 20.3. The molecule has 0 saturated heterocycles. The molecule has 1 heterocycles. The Morgan fingerprint density at radius 1 is 1.16 bits per heavy atom. The minimum Gasteiger partial charge on any atom is -0.443 e. The molecule has 0 saturated carbocycles. The van der Waals surface area contributed by atoms with Crippen molar-refractivity contribution in [2.24, 2.45) is 5.73 Å². The molecule has 3 rings (SSSR count). The van der Waals surface area contributed by atoms with E-state index in [0.29, 0.717) is 17.7 Å². The molecule has 37 heavy (non-hydrogen) atoms. The molecule has 200 valence electrons. The number of carbonyl (C=O) groups excluding carboxylic acids is 1. The van der Waals surface area contributed by atoms with Crippen molar-refractivity contribution in [3.05, 3.63) is 69.8 Å². The first kappa shape index (κ1) is 28.4. The summed E-state index contributed by atoms with van der Waals surface area (Å²) >= 11 is 0.960. The first-order valence-electron chi connectivity index (χ1n) is 10.7. The molecule has 9 nitrogen and oxygen atoms in total. The Morgan fingerprint density at radius 3 is 2.35 bits per heavy atom. The van der Waals surface area contributed by atoms with Crippen molar-refractivity contribution in [1.82, 2.24) is 4.98 Å². The molecule has 0 fully saturated rings. The number of ether oxygens (including phenoxy) is 2. The van der Waals surface area contributed by atoms with Gasteiger partial charge >= 0.3 is 6.09 Å². The quantitative estimate of drug-likeness (QED) is 0.374. The van der Waals surface area contributed by atoms with Crippen molar-refractivity contribution >= 4 is 39.0 Å². The lowest BCUT2D eigenvalue weighted by Crippen LogP contribution is -2.41. The molecule has 1 amide bonds. The molecule has 0 aliphatic rings. The van der Waals surface area contributed by atoms with E-state index in [-0.39, 0.29) is 22.2 Å². The van der Waals surface area contributed by atoms with E-state index >= 15 is 8.78 Å². The van der Waals surface area contributed by atoms with Gasteiger partial charge in [-0.25, -0.2) is 31.4 Å². The van der Waals surface area contributed by atoms with Gasteiger partial charge in [0.15, 0.2) is 10.7 Å². The molecule has 0 unspecified atom stereocenters. The predicted octanol–water partition coefficient (Wildman–Crippen LogP) is 4.91. The summed E-state index contributed by atoms with van der Waals surface area (Å²) in [5.74, 6) is -4.11. The zero-order valence-corrected chi connectivity index (χ0v) is 21.9. The van der Waals surface area contributed by atoms with Crippen molar-refractivity contribution in [3.63, 3.8) is 0 Å². The van der Waals surface area contributed by atoms with Crippen molar-refractivity contribution < 1.29 is 35.9 Å². The number of halogens is 3. The second-order valence-corrected chi connectivity index (χ2v) is 11.2. The summed E-state index contributed by atoms with van der Waals surface area (Å²) in [5.41, 5.74) is 6.46. The lowest BCUT2D eigenvalue weighted by atomic mass is 10.1. The van der Waals surface area contributed by atoms with Gasteiger partial charge in [0, 0.05) is 23.7 Å². The van der Waals surface area contributed by atoms with Gasteiger partial charge in [0.05, 0.1) is 12.1 Å². The van der Waals surface area contributed by atoms with Crippen molar-refractivity contribution in [2.45, 2.75) is 44.0 Å². The Bertz CT molecular complexity index is 1360. The Labute approximate surface area is 216 Å². The topological polar surface area (TPSA) is 124 Å². The van der Waals surface area contributed by atoms with Crippen molar-refractivity contribution in [3.8, 4) is 0 Å². The lowest BCUT2D eigenvalue weighted by Gasteiger charge is -2.26. The molecular weight excluding hydrogens is 533 g/mol. The van der Waals surface area contributed by atoms with E-state index in [1.165, 1.54) is 57.0 Å². The molecule has 1 aromatic heterocycles. The van der Waals surface area contributed by atoms with Gasteiger partial charge < -0.3 is 20.5 Å². The number of carbonyl (C=O) groups is 1. The van der Waals surface area contributed by atoms with E-state index in [9.17, 15) is 17.6 Å². The zero-order chi connectivity index (χ0) is 27.5. The highest BCUT2D eigenvalue weighted by Gasteiger charge is 2.39. The highest BCUT2D eigenvalue weighted by atomic mass is 32.2. The minimum absolute atomic E-state index is 0.00769. The Balaban J connectivity index is 1.98. The van der Waals surface area contributed by atoms with Crippen LogP contribution in [0.1, 0.15) is 38.1 Å². The third-order valence-corrected chi connectivity index (χ3v) is 7.01. The average Bonchev–Trinajstić information content (AvgIpc) is 3.27. The molecule has 3 N–H and O–H groups in total. The van der Waals surface area contributed by atoms with Gasteiger partial charge in [-0.2, -0.15) is 0 Å². The number of benzene rings is 2. The Morgan fingerprint density at radius 2 is 1.81 bits per heavy atom. The highest BCUT2D eigenvalue weighted by molar-refractivity contribution is 7.93. The summed E-state index contributed by atoms with van der Waals surface area (Å²) in [6.45, 7) is 4.67. The normalized spacial score (nSPS) is 12.8. The predicted molar refractivity (Wildman–Crippen MR) is 132 cm³/mol. The van der Waals surface area contributed by atoms with Crippen LogP contribution in [0.4, 0.5) is 29.5 Å². The van der Waals surface area contributed by atoms with Crippen molar-refractivity contribution in [1.29, 1.82) is 0 Å². The third-order valence-electron chi connectivity index (χ3n) is 4.71. The fourth-order valence-electron chi connectivity index (χ4n) is 3.25. The lowest BCUT2D eigenvalue weighted by molar-refractivity contribution is 0.0608. The van der Waals surface area contributed by atoms with Gasteiger partial charge in [0.25, 0.3) is 10.0 Å². The van der Waals surface area contributed by atoms with Gasteiger partial charge in [-0.15, -0.1) is 15.6 Å². The molecule has 0 aliphatic carbocycles. The van der Waals surface area contributed by atoms with Crippen molar-refractivity contribution in [2.75, 3.05) is 16.7 Å². The van der Waals surface area contributed by atoms with E-state index in [4.69, 9.17) is 15.2 Å². The smallest absolute Gasteiger partial charge is 0.430 e. The number of hydrogen-bond donors (Lipinski definition) is 2. The van der Waals surface area contributed by atoms with E-state index < -0.39 is 56.0 Å². The maximum absolute atomic E-state index is 15.1. The number of rotatable bonds is 8. The maximum Gasteiger partial charge on any atom is 0.430 e. The fraction of sp³-hybridized carbons (Fsp3) is 0.304. The molecule has 0 radical (unpaired) electrons. The molecule has 3 aromatic rings. The number of sulfonamides is 1. The van der Waals surface area contributed by atoms with Gasteiger partial charge in [-0.1, -0.05) is 6.07 Å². The van der Waals surface area contributed by atoms with Crippen LogP contribution in [-0.2, 0) is 26.1 Å². The van der Waals surface area contributed by atoms with Gasteiger partial charge in [-0.05, 0) is 50.6 Å². The standard InChI is InChI=1S/C23H25F3N4O5S2/c1-23(2,3)35-22(31)30(19-11-36-12-28-19)37(32,33)20-17(25)8-14(9-18(20)26)29-21(27)15-7-13(10-34-4)5-6-16(15)24/h5-9,11-12,21,29H,10,27H2,1-4H3/t21-/m1/s1. The molecule has 0 aliphatic heterocycles. The van der Waals surface area contributed by atoms with Crippen LogP contribution in [0.5, 0.6) is 0 Å². The SMILES string of the molecule is COCc1ccc(F)c([C@H](N)Nc2cc(F)c(S(=O)(=O)N(C(=O)OC(C)(C)C)c3cscn3)c(F)c2)c1. The number of hydrogen-bond acceptors (Lipinski definition) is 9. The fourth-order valence-corrected chi connectivity index (χ4v) is 5.21. The van der Waals surface area contributed by atoms with Gasteiger partial charge in [0.2, 0.25) is 0 Å². The summed E-state index contributed by atoms with van der Waals surface area (Å²) in [4.78, 5) is 15.1. The van der Waals surface area contributed by atoms with E-state index in [1.54, 1.807) is 0 Å². The number of amides is 1. The van der Waals surface area contributed by atoms with Crippen LogP contribution in [0.25, 0.3) is 0 Å². The van der Waals surface area contributed by atoms with E-state index in [2.05, 4.69) is 10.3 Å². The first-order chi connectivity index (χ1) is 17.2. The average molecular weight is 559 g/mol. The second-order valence-electron chi connectivity index (χ2n) is 8.78. The van der Waals surface area contributed by atoms with Crippen LogP contribution < -0.4 is 15.4 Å². The Hall–Kier alpha value is -3.20. The number of nitrogens with two attached hydrogens (primary N) is 1. The number of anilines is 2. The summed E-state index contributed by atoms with van der Waals surface area (Å²) in [6, 6.07) is 5.43. The summed E-state index contributed by atoms with van der Waals surface area (Å²) in [6.07, 6.45) is -2.64. The Kier molecular flexibility index (Phi) is 8.47. The minimum atomic E-state index is -5.15. The van der Waals surface area contributed by atoms with E-state index in [0.717, 1.165) is 11.3 Å². The summed E-state index contributed by atoms with van der Waals surface area (Å²) in [5, 5.41) is 3.75. The van der Waals surface area contributed by atoms with E-state index in [1.807, 2.05) is 0 Å². The first-order valence-corrected chi connectivity index (χ1v) is 13.1. The maximum atomic E-state index is 15.1. The number of methoxy groups -OCH3 is 1. The summed E-state index contributed by atoms with van der Waals surface area (Å²) in [7, 11) is -3.69. The number of nitrogens with zero attached hydrogens (tertiary/aromatic N) is 2. The largest absolute Gasteiger partial charge is 0.443 e. The molecule has 14 heteroatoms. The molecule has 0 bridgehead atoms. The monoisotopic (exact) mass is 558 g/mol. The molecule has 2 aromatic carbocycles. The van der Waals surface area contributed by atoms with Crippen LogP contribution >= 0.6 is 11.3 Å². The van der Waals surface area contributed by atoms with Crippen LogP contribution in [0.3, 0.4) is 0 Å². The van der Waals surface area contributed by atoms with Crippen LogP contribution in [0, 0.1) is 17.5 Å². The van der Waals surface area contributed by atoms with Gasteiger partial charge in [0.1, 0.15) is 29.2 Å². The molecular formula is C23H25F3N4O5S2. The number of nitrogens with one attached hydrogen (secondary N) is 1.